The number of aromatic amines is 1. The first-order valence-corrected chi connectivity index (χ1v) is 31.1. The molecule has 0 radical (unpaired) electrons. The number of piperazine rings is 1. The third-order valence-electron chi connectivity index (χ3n) is 18.9. The number of fused-ring (bicyclic) bond motifs is 5. The van der Waals surface area contributed by atoms with Crippen molar-refractivity contribution < 1.29 is 46.6 Å². The fourth-order valence-electron chi connectivity index (χ4n) is 14.7. The number of H-pyrrole nitrogens is 1. The van der Waals surface area contributed by atoms with E-state index in [1.807, 2.05) is 30.5 Å². The molecule has 436 valence electrons. The first-order valence-electron chi connectivity index (χ1n) is 29.6. The van der Waals surface area contributed by atoms with Crippen LogP contribution < -0.4 is 38.8 Å². The van der Waals surface area contributed by atoms with E-state index in [0.29, 0.717) is 68.4 Å². The Balaban J connectivity index is 0.740. The number of rotatable bonds is 12. The summed E-state index contributed by atoms with van der Waals surface area (Å²) < 4.78 is 68.1. The largest absolute Gasteiger partial charge is 0.493 e. The Kier molecular flexibility index (Phi) is 14.1. The van der Waals surface area contributed by atoms with Gasteiger partial charge in [0, 0.05) is 112 Å². The number of piperidine rings is 1. The van der Waals surface area contributed by atoms with Crippen molar-refractivity contribution in [2.45, 2.75) is 113 Å². The van der Waals surface area contributed by atoms with Gasteiger partial charge in [-0.15, -0.1) is 0 Å². The Morgan fingerprint density at radius 2 is 1.63 bits per heavy atom. The van der Waals surface area contributed by atoms with Gasteiger partial charge in [0.1, 0.15) is 35.5 Å². The van der Waals surface area contributed by atoms with E-state index in [0.717, 1.165) is 106 Å². The summed E-state index contributed by atoms with van der Waals surface area (Å²) in [6.07, 6.45) is 8.65. The number of para-hydroxylation sites is 2. The molecule has 2 aromatic heterocycles. The van der Waals surface area contributed by atoms with Gasteiger partial charge in [0.25, 0.3) is 21.6 Å². The molecule has 1 amide bonds. The summed E-state index contributed by atoms with van der Waals surface area (Å²) in [5, 5.41) is 16.7. The van der Waals surface area contributed by atoms with Crippen LogP contribution >= 0.6 is 0 Å². The van der Waals surface area contributed by atoms with E-state index < -0.39 is 37.5 Å². The van der Waals surface area contributed by atoms with Gasteiger partial charge in [0.2, 0.25) is 5.88 Å². The number of anilines is 4. The molecule has 1 aliphatic carbocycles. The van der Waals surface area contributed by atoms with Crippen LogP contribution in [0.5, 0.6) is 23.1 Å². The lowest BCUT2D eigenvalue weighted by Gasteiger charge is -2.59. The minimum atomic E-state index is -4.72. The maximum Gasteiger partial charge on any atom is 0.297 e. The second-order valence-corrected chi connectivity index (χ2v) is 25.8. The summed E-state index contributed by atoms with van der Waals surface area (Å²) in [5.41, 5.74) is 5.09. The number of nitrogens with zero attached hydrogens (tertiary/aromatic N) is 6. The molecule has 20 nitrogen and oxygen atoms in total. The number of nitro benzene ring substituents is 1. The number of pyridine rings is 1. The first kappa shape index (κ1) is 53.8. The van der Waals surface area contributed by atoms with E-state index in [-0.39, 0.29) is 65.2 Å². The highest BCUT2D eigenvalue weighted by Gasteiger charge is 2.51. The van der Waals surface area contributed by atoms with Crippen LogP contribution in [-0.2, 0) is 19.5 Å². The van der Waals surface area contributed by atoms with Crippen LogP contribution in [0.15, 0.2) is 102 Å². The standard InChI is InChI=1S/C62H71N9O11S/c1-38(2)81-55-10-6-4-8-45(55)53-35-68(48-17-28-79-54-9-5-3-7-44(48)54)23-24-69(53)42-33-62(34-42)18-21-67(22-19-62)41-11-12-46(50(30-41)70-49-16-27-78-37-57(49)82-61-52(70)29-40-13-20-63-59(40)65-61)60(72)66-83(75,76)43-31-51(71(73)74)58-56(32-43)80-36-47(64-58)39-14-25-77-26-15-39/h3-13,20,29-32,38-39,42,47-49,53,57,64H,14-19,21-28,33-37H2,1-2H3,(H,63,65)(H,66,72)/t47-,48-,49-,53-,57-/m0/s1. The minimum absolute atomic E-state index is 0.0260. The number of amides is 1. The lowest BCUT2D eigenvalue weighted by molar-refractivity contribution is -0.384. The van der Waals surface area contributed by atoms with Crippen molar-refractivity contribution in [2.24, 2.45) is 11.3 Å². The summed E-state index contributed by atoms with van der Waals surface area (Å²) >= 11 is 0. The zero-order chi connectivity index (χ0) is 56.6. The van der Waals surface area contributed by atoms with Gasteiger partial charge >= 0.3 is 0 Å². The van der Waals surface area contributed by atoms with E-state index in [2.05, 4.69) is 97.0 Å². The highest BCUT2D eigenvalue weighted by Crippen LogP contribution is 2.55. The highest BCUT2D eigenvalue weighted by molar-refractivity contribution is 7.90. The first-order chi connectivity index (χ1) is 40.3. The Labute approximate surface area is 482 Å². The Bertz CT molecular complexity index is 3560. The van der Waals surface area contributed by atoms with Gasteiger partial charge in [-0.3, -0.25) is 24.7 Å². The number of hydrogen-bond donors (Lipinski definition) is 3. The van der Waals surface area contributed by atoms with E-state index in [9.17, 15) is 23.3 Å². The number of hydrogen-bond acceptors (Lipinski definition) is 17. The zero-order valence-electron chi connectivity index (χ0n) is 46.9. The molecule has 6 aromatic rings. The van der Waals surface area contributed by atoms with Crippen molar-refractivity contribution in [3.05, 3.63) is 124 Å². The summed E-state index contributed by atoms with van der Waals surface area (Å²) in [5.74, 6) is 1.59. The van der Waals surface area contributed by atoms with Gasteiger partial charge in [0.15, 0.2) is 11.4 Å². The molecule has 5 fully saturated rings. The number of carbonyl (C=O) groups is 1. The lowest BCUT2D eigenvalue weighted by Crippen LogP contribution is -2.60. The summed E-state index contributed by atoms with van der Waals surface area (Å²) in [6.45, 7) is 11.4. The smallest absolute Gasteiger partial charge is 0.297 e. The quantitative estimate of drug-likeness (QED) is 0.0769. The van der Waals surface area contributed by atoms with Crippen molar-refractivity contribution in [3.63, 3.8) is 0 Å². The molecular weight excluding hydrogens is 1080 g/mol. The average molecular weight is 1150 g/mol. The molecule has 3 N–H and O–H groups in total. The van der Waals surface area contributed by atoms with E-state index in [1.165, 1.54) is 17.2 Å². The van der Waals surface area contributed by atoms with E-state index in [4.69, 9.17) is 33.4 Å². The number of sulfonamides is 1. The SMILES string of the molecule is CC(C)Oc1ccccc1[C@@H]1CN([C@H]2CCOc3ccccc32)CCN1C1CC2(CCN(c3ccc(C(=O)NS(=O)(=O)c4cc5c(c([N+](=O)[O-])c4)N[C@H](C4CCOCC4)CO5)c(N4c5cc6cc[nH]c6nc5O[C@H]5COCC[C@@H]54)c3)CC2)C1. The van der Waals surface area contributed by atoms with Crippen molar-refractivity contribution >= 4 is 55.4 Å². The molecule has 1 saturated carbocycles. The van der Waals surface area contributed by atoms with Gasteiger partial charge in [-0.2, -0.15) is 4.98 Å². The molecule has 7 aliphatic heterocycles. The predicted octanol–water partition coefficient (Wildman–Crippen LogP) is 9.30. The van der Waals surface area contributed by atoms with Gasteiger partial charge in [-0.05, 0) is 113 Å². The Morgan fingerprint density at radius 3 is 2.45 bits per heavy atom. The normalized spacial score (nSPS) is 24.7. The summed E-state index contributed by atoms with van der Waals surface area (Å²) in [7, 11) is -4.72. The topological polar surface area (TPSA) is 215 Å². The number of benzene rings is 4. The molecule has 0 bridgehead atoms. The number of nitro groups is 1. The summed E-state index contributed by atoms with van der Waals surface area (Å²) in [6, 6.07) is 29.2. The van der Waals surface area contributed by atoms with Crippen LogP contribution in [0.2, 0.25) is 0 Å². The fraction of sp³-hybridized carbons (Fsp3) is 0.484. The highest BCUT2D eigenvalue weighted by atomic mass is 32.2. The van der Waals surface area contributed by atoms with Crippen molar-refractivity contribution in [1.82, 2.24) is 24.5 Å². The second kappa shape index (κ2) is 21.8. The molecule has 4 aromatic carbocycles. The molecule has 14 rings (SSSR count). The molecule has 5 atom stereocenters. The molecule has 4 saturated heterocycles. The van der Waals surface area contributed by atoms with Crippen LogP contribution in [0.25, 0.3) is 11.0 Å². The monoisotopic (exact) mass is 1150 g/mol. The third kappa shape index (κ3) is 10.1. The minimum Gasteiger partial charge on any atom is -0.493 e. The number of aromatic nitrogens is 2. The van der Waals surface area contributed by atoms with Gasteiger partial charge in [-0.1, -0.05) is 36.4 Å². The molecule has 21 heteroatoms. The molecular formula is C62H71N9O11S. The van der Waals surface area contributed by atoms with Crippen molar-refractivity contribution in [2.75, 3.05) is 87.5 Å². The molecule has 9 heterocycles. The predicted molar refractivity (Wildman–Crippen MR) is 312 cm³/mol. The van der Waals surface area contributed by atoms with Crippen molar-refractivity contribution in [1.29, 1.82) is 0 Å². The summed E-state index contributed by atoms with van der Waals surface area (Å²) in [4.78, 5) is 44.5. The van der Waals surface area contributed by atoms with Crippen LogP contribution in [0, 0.1) is 21.4 Å². The lowest BCUT2D eigenvalue weighted by atomic mass is 9.59. The van der Waals surface area contributed by atoms with Crippen LogP contribution in [0.4, 0.5) is 28.4 Å². The van der Waals surface area contributed by atoms with E-state index in [1.54, 1.807) is 6.07 Å². The molecule has 83 heavy (non-hydrogen) atoms. The maximum absolute atomic E-state index is 15.0. The molecule has 1 spiro atoms. The Hall–Kier alpha value is -7.17. The number of nitrogens with one attached hydrogen (secondary N) is 3. The third-order valence-corrected chi connectivity index (χ3v) is 20.2. The average Bonchev–Trinajstić information content (AvgIpc) is 4.15. The van der Waals surface area contributed by atoms with Gasteiger partial charge in [-0.25, -0.2) is 13.1 Å². The van der Waals surface area contributed by atoms with Crippen molar-refractivity contribution in [3.8, 4) is 23.1 Å². The van der Waals surface area contributed by atoms with Crippen LogP contribution in [0.3, 0.4) is 0 Å². The second-order valence-electron chi connectivity index (χ2n) is 24.1. The van der Waals surface area contributed by atoms with Gasteiger partial charge in [0.05, 0.1) is 58.5 Å². The fourth-order valence-corrected chi connectivity index (χ4v) is 15.7. The zero-order valence-corrected chi connectivity index (χ0v) is 47.7. The number of ether oxygens (including phenoxy) is 6. The van der Waals surface area contributed by atoms with Crippen LogP contribution in [-0.4, -0.2) is 142 Å². The number of carbonyl (C=O) groups excluding carboxylic acids is 1. The van der Waals surface area contributed by atoms with Gasteiger partial charge < -0.3 is 48.5 Å². The van der Waals surface area contributed by atoms with Crippen LogP contribution in [0.1, 0.15) is 98.8 Å². The van der Waals surface area contributed by atoms with E-state index >= 15 is 0 Å². The molecule has 0 unspecified atom stereocenters. The Morgan fingerprint density at radius 1 is 0.831 bits per heavy atom. The molecule has 8 aliphatic rings. The maximum atomic E-state index is 15.0.